The van der Waals surface area contributed by atoms with E-state index in [1.54, 1.807) is 0 Å². The number of rotatable bonds is 8. The van der Waals surface area contributed by atoms with Gasteiger partial charge in [0, 0.05) is 12.6 Å². The van der Waals surface area contributed by atoms with Crippen molar-refractivity contribution in [3.63, 3.8) is 0 Å². The number of hydroxylamine groups is 1. The van der Waals surface area contributed by atoms with Gasteiger partial charge in [0.1, 0.15) is 16.8 Å². The van der Waals surface area contributed by atoms with E-state index in [1.807, 2.05) is 0 Å². The molecule has 0 heterocycles. The van der Waals surface area contributed by atoms with Crippen LogP contribution in [0.2, 0.25) is 5.02 Å². The van der Waals surface area contributed by atoms with Gasteiger partial charge in [0.25, 0.3) is 11.6 Å². The minimum atomic E-state index is -4.22. The van der Waals surface area contributed by atoms with Gasteiger partial charge in [-0.3, -0.25) is 20.1 Å². The van der Waals surface area contributed by atoms with Crippen LogP contribution in [0.15, 0.2) is 47.4 Å². The van der Waals surface area contributed by atoms with E-state index >= 15 is 0 Å². The van der Waals surface area contributed by atoms with Crippen LogP contribution in [-0.4, -0.2) is 41.9 Å². The summed E-state index contributed by atoms with van der Waals surface area (Å²) in [4.78, 5) is 22.2. The van der Waals surface area contributed by atoms with Crippen LogP contribution in [0.5, 0.6) is 5.75 Å². The van der Waals surface area contributed by atoms with Crippen LogP contribution in [0.25, 0.3) is 0 Å². The maximum atomic E-state index is 13.1. The molecule has 2 N–H and O–H groups in total. The number of halogens is 1. The normalized spacial score (nSPS) is 12.4. The van der Waals surface area contributed by atoms with Crippen molar-refractivity contribution in [1.29, 1.82) is 0 Å². The van der Waals surface area contributed by atoms with Crippen molar-refractivity contribution < 1.29 is 28.1 Å². The molecule has 0 saturated heterocycles. The van der Waals surface area contributed by atoms with Crippen LogP contribution < -0.4 is 10.2 Å². The zero-order chi connectivity index (χ0) is 21.8. The van der Waals surface area contributed by atoms with E-state index in [-0.39, 0.29) is 22.0 Å². The number of carbonyl (C=O) groups is 1. The quantitative estimate of drug-likeness (QED) is 0.362. The molecule has 0 aromatic heterocycles. The van der Waals surface area contributed by atoms with Gasteiger partial charge in [-0.1, -0.05) is 17.7 Å². The van der Waals surface area contributed by atoms with Gasteiger partial charge in [0.05, 0.1) is 16.9 Å². The average molecular weight is 444 g/mol. The molecular weight excluding hydrogens is 426 g/mol. The maximum absolute atomic E-state index is 13.1. The molecule has 0 radical (unpaired) electrons. The average Bonchev–Trinajstić information content (AvgIpc) is 2.71. The summed E-state index contributed by atoms with van der Waals surface area (Å²) in [5, 5.41) is 19.9. The molecule has 0 aliphatic rings. The van der Waals surface area contributed by atoms with Crippen molar-refractivity contribution >= 4 is 33.2 Å². The molecule has 12 heteroatoms. The second kappa shape index (κ2) is 9.18. The van der Waals surface area contributed by atoms with Gasteiger partial charge in [-0.25, -0.2) is 13.9 Å². The lowest BCUT2D eigenvalue weighted by Crippen LogP contribution is -2.46. The van der Waals surface area contributed by atoms with Crippen molar-refractivity contribution in [1.82, 2.24) is 9.79 Å². The lowest BCUT2D eigenvalue weighted by molar-refractivity contribution is -0.384. The van der Waals surface area contributed by atoms with Crippen molar-refractivity contribution in [3.8, 4) is 5.75 Å². The lowest BCUT2D eigenvalue weighted by atomic mass is 10.2. The van der Waals surface area contributed by atoms with Crippen molar-refractivity contribution in [2.24, 2.45) is 0 Å². The summed E-state index contributed by atoms with van der Waals surface area (Å²) in [5.74, 6) is -0.532. The lowest BCUT2D eigenvalue weighted by Gasteiger charge is -2.27. The number of ether oxygens (including phenoxy) is 1. The van der Waals surface area contributed by atoms with Crippen molar-refractivity contribution in [2.75, 3.05) is 7.11 Å². The van der Waals surface area contributed by atoms with Crippen LogP contribution in [0.4, 0.5) is 5.69 Å². The Kier molecular flexibility index (Phi) is 7.14. The Labute approximate surface area is 171 Å². The summed E-state index contributed by atoms with van der Waals surface area (Å²) >= 11 is 5.80. The number of nitro benzene ring substituents is 1. The number of amides is 1. The third-order valence-electron chi connectivity index (χ3n) is 4.13. The fourth-order valence-corrected chi connectivity index (χ4v) is 4.28. The molecule has 0 aliphatic carbocycles. The molecule has 1 amide bonds. The van der Waals surface area contributed by atoms with E-state index < -0.39 is 32.6 Å². The summed E-state index contributed by atoms with van der Waals surface area (Å²) in [6.07, 6.45) is 0. The Morgan fingerprint density at radius 1 is 1.31 bits per heavy atom. The largest absolute Gasteiger partial charge is 0.497 e. The number of hydrogen-bond acceptors (Lipinski definition) is 7. The predicted molar refractivity (Wildman–Crippen MR) is 103 cm³/mol. The molecule has 0 aliphatic heterocycles. The molecule has 2 aromatic carbocycles. The fourth-order valence-electron chi connectivity index (χ4n) is 2.51. The molecule has 0 spiro atoms. The topological polar surface area (TPSA) is 139 Å². The standard InChI is InChI=1S/C17H18ClN3O7S/c1-11(17(22)19-23)20(10-12-3-8-15(18)16(9-12)21(24)25)29(26,27)14-6-4-13(28-2)5-7-14/h3-9,11,23H,10H2,1-2H3,(H,19,22)/t11-/m1/s1. The second-order valence-corrected chi connectivity index (χ2v) is 8.22. The number of benzene rings is 2. The molecule has 0 bridgehead atoms. The molecule has 156 valence electrons. The van der Waals surface area contributed by atoms with Gasteiger partial charge in [-0.05, 0) is 42.8 Å². The van der Waals surface area contributed by atoms with Crippen molar-refractivity contribution in [2.45, 2.75) is 24.4 Å². The summed E-state index contributed by atoms with van der Waals surface area (Å²) in [7, 11) is -2.79. The predicted octanol–water partition coefficient (Wildman–Crippen LogP) is 2.34. The SMILES string of the molecule is COc1ccc(S(=O)(=O)N(Cc2ccc(Cl)c([N+](=O)[O-])c2)[C@H](C)C(=O)NO)cc1. The number of sulfonamides is 1. The Hall–Kier alpha value is -2.73. The third kappa shape index (κ3) is 5.01. The number of methoxy groups -OCH3 is 1. The van der Waals surface area contributed by atoms with Gasteiger partial charge >= 0.3 is 0 Å². The Morgan fingerprint density at radius 2 is 1.93 bits per heavy atom. The number of nitrogens with zero attached hydrogens (tertiary/aromatic N) is 2. The second-order valence-electron chi connectivity index (χ2n) is 5.92. The number of hydrogen-bond donors (Lipinski definition) is 2. The number of nitrogens with one attached hydrogen (secondary N) is 1. The molecule has 0 unspecified atom stereocenters. The highest BCUT2D eigenvalue weighted by atomic mass is 35.5. The molecular formula is C17H18ClN3O7S. The van der Waals surface area contributed by atoms with E-state index in [0.29, 0.717) is 5.75 Å². The number of carbonyl (C=O) groups excluding carboxylic acids is 1. The third-order valence-corrected chi connectivity index (χ3v) is 6.38. The Bertz CT molecular complexity index is 1010. The van der Waals surface area contributed by atoms with Gasteiger partial charge in [-0.2, -0.15) is 4.31 Å². The summed E-state index contributed by atoms with van der Waals surface area (Å²) in [6.45, 7) is 0.901. The van der Waals surface area contributed by atoms with E-state index in [0.717, 1.165) is 10.4 Å². The first-order chi connectivity index (χ1) is 13.6. The molecule has 2 rings (SSSR count). The molecule has 1 atom stereocenters. The summed E-state index contributed by atoms with van der Waals surface area (Å²) in [5.41, 5.74) is 1.25. The smallest absolute Gasteiger partial charge is 0.288 e. The van der Waals surface area contributed by atoms with Gasteiger partial charge in [0.15, 0.2) is 0 Å². The van der Waals surface area contributed by atoms with Crippen LogP contribution in [0.1, 0.15) is 12.5 Å². The Balaban J connectivity index is 2.50. The van der Waals surface area contributed by atoms with E-state index in [9.17, 15) is 23.3 Å². The van der Waals surface area contributed by atoms with Crippen LogP contribution in [-0.2, 0) is 21.4 Å². The van der Waals surface area contributed by atoms with Crippen LogP contribution in [0.3, 0.4) is 0 Å². The highest BCUT2D eigenvalue weighted by molar-refractivity contribution is 7.89. The first-order valence-corrected chi connectivity index (χ1v) is 9.96. The first-order valence-electron chi connectivity index (χ1n) is 8.14. The fraction of sp³-hybridized carbons (Fsp3) is 0.235. The zero-order valence-electron chi connectivity index (χ0n) is 15.4. The zero-order valence-corrected chi connectivity index (χ0v) is 17.0. The summed E-state index contributed by atoms with van der Waals surface area (Å²) in [6, 6.07) is 7.97. The van der Waals surface area contributed by atoms with E-state index in [4.69, 9.17) is 21.5 Å². The van der Waals surface area contributed by atoms with E-state index in [2.05, 4.69) is 0 Å². The minimum Gasteiger partial charge on any atom is -0.497 e. The highest BCUT2D eigenvalue weighted by Gasteiger charge is 2.33. The molecule has 2 aromatic rings. The van der Waals surface area contributed by atoms with Gasteiger partial charge in [0.2, 0.25) is 10.0 Å². The highest BCUT2D eigenvalue weighted by Crippen LogP contribution is 2.28. The van der Waals surface area contributed by atoms with E-state index in [1.165, 1.54) is 55.9 Å². The molecule has 0 saturated carbocycles. The van der Waals surface area contributed by atoms with Gasteiger partial charge < -0.3 is 4.74 Å². The Morgan fingerprint density at radius 3 is 2.45 bits per heavy atom. The van der Waals surface area contributed by atoms with Crippen LogP contribution in [0, 0.1) is 10.1 Å². The molecule has 0 fully saturated rings. The van der Waals surface area contributed by atoms with Gasteiger partial charge in [-0.15, -0.1) is 0 Å². The monoisotopic (exact) mass is 443 g/mol. The minimum absolute atomic E-state index is 0.107. The van der Waals surface area contributed by atoms with Crippen molar-refractivity contribution in [3.05, 3.63) is 63.2 Å². The molecule has 29 heavy (non-hydrogen) atoms. The van der Waals surface area contributed by atoms with Crippen LogP contribution >= 0.6 is 11.6 Å². The number of nitro groups is 1. The first kappa shape index (κ1) is 22.6. The molecule has 10 nitrogen and oxygen atoms in total. The summed E-state index contributed by atoms with van der Waals surface area (Å²) < 4.78 is 32.1. The maximum Gasteiger partial charge on any atom is 0.288 e.